The van der Waals surface area contributed by atoms with Crippen LogP contribution >= 0.6 is 0 Å². The van der Waals surface area contributed by atoms with Crippen molar-refractivity contribution in [1.29, 1.82) is 0 Å². The average molecular weight is 379 g/mol. The molecule has 2 aromatic rings. The smallest absolute Gasteiger partial charge is 0.431 e. The fourth-order valence-electron chi connectivity index (χ4n) is 2.89. The van der Waals surface area contributed by atoms with Crippen LogP contribution < -0.4 is 5.69 Å². The minimum absolute atomic E-state index is 0.0194. The molecule has 0 bridgehead atoms. The number of amides is 1. The zero-order valence-electron chi connectivity index (χ0n) is 14.3. The number of carbonyl (C=O) groups is 1. The minimum atomic E-state index is -4.79. The number of hydrogen-bond acceptors (Lipinski definition) is 4. The Morgan fingerprint density at radius 1 is 1.30 bits per heavy atom. The topological polar surface area (TPSA) is 75.3 Å². The van der Waals surface area contributed by atoms with Gasteiger partial charge in [0, 0.05) is 5.56 Å². The molecule has 1 aliphatic rings. The number of hydrogen-bond donors (Lipinski definition) is 1. The molecule has 1 amide bonds. The van der Waals surface area contributed by atoms with Crippen LogP contribution in [-0.2, 0) is 17.5 Å². The second kappa shape index (κ2) is 7.26. The summed E-state index contributed by atoms with van der Waals surface area (Å²) in [5.41, 5.74) is -1.58. The van der Waals surface area contributed by atoms with E-state index in [0.29, 0.717) is 11.1 Å². The van der Waals surface area contributed by atoms with Gasteiger partial charge < -0.3 is 9.72 Å². The third kappa shape index (κ3) is 4.02. The number of nitrogens with one attached hydrogen (secondary N) is 1. The quantitative estimate of drug-likeness (QED) is 0.869. The van der Waals surface area contributed by atoms with Gasteiger partial charge in [0.2, 0.25) is 0 Å². The molecule has 0 aliphatic carbocycles. The number of aromatic nitrogens is 2. The Morgan fingerprint density at radius 3 is 2.63 bits per heavy atom. The fraction of sp³-hybridized carbons (Fsp3) is 0.278. The predicted molar refractivity (Wildman–Crippen MR) is 91.6 cm³/mol. The molecule has 0 unspecified atom stereocenters. The van der Waals surface area contributed by atoms with E-state index >= 15 is 0 Å². The van der Waals surface area contributed by atoms with Gasteiger partial charge in [-0.2, -0.15) is 18.2 Å². The van der Waals surface area contributed by atoms with E-state index < -0.39 is 23.7 Å². The lowest BCUT2D eigenvalue weighted by molar-refractivity contribution is -0.142. The van der Waals surface area contributed by atoms with Crippen molar-refractivity contribution in [3.05, 3.63) is 63.3 Å². The summed E-state index contributed by atoms with van der Waals surface area (Å²) in [5.74, 6) is 0. The Balaban J connectivity index is 2.18. The maximum Gasteiger partial charge on any atom is 0.431 e. The Labute approximate surface area is 152 Å². The molecule has 0 fully saturated rings. The summed E-state index contributed by atoms with van der Waals surface area (Å²) in [4.78, 5) is 30.5. The average Bonchev–Trinajstić information content (AvgIpc) is 2.61. The van der Waals surface area contributed by atoms with Gasteiger partial charge in [0.05, 0.1) is 25.4 Å². The van der Waals surface area contributed by atoms with Gasteiger partial charge in [0.25, 0.3) is 0 Å². The Kier molecular flexibility index (Phi) is 5.02. The zero-order valence-corrected chi connectivity index (χ0v) is 14.3. The van der Waals surface area contributed by atoms with Crippen LogP contribution in [0.1, 0.15) is 29.4 Å². The zero-order chi connectivity index (χ0) is 19.6. The summed E-state index contributed by atoms with van der Waals surface area (Å²) >= 11 is 0. The summed E-state index contributed by atoms with van der Waals surface area (Å²) in [6.07, 6.45) is -3.92. The molecule has 0 spiro atoms. The van der Waals surface area contributed by atoms with E-state index in [4.69, 9.17) is 4.74 Å². The maximum absolute atomic E-state index is 13.4. The van der Waals surface area contributed by atoms with Crippen molar-refractivity contribution in [3.8, 4) is 0 Å². The van der Waals surface area contributed by atoms with Gasteiger partial charge in [-0.25, -0.2) is 9.59 Å². The first kappa shape index (κ1) is 18.7. The Morgan fingerprint density at radius 2 is 2.00 bits per heavy atom. The van der Waals surface area contributed by atoms with E-state index in [2.05, 4.69) is 4.98 Å². The third-order valence-electron chi connectivity index (χ3n) is 4.00. The number of rotatable bonds is 2. The lowest BCUT2D eigenvalue weighted by atomic mass is 9.97. The standard InChI is InChI=1S/C18H16F3N3O3/c1-2-27-17(26)24-9-12(8-11-6-4-3-5-7-11)14-13(10-24)15(18(19,20)21)23-16(25)22-14/h3-8H,2,9-10H2,1H3,(H,22,23,25). The number of aromatic amines is 1. The monoisotopic (exact) mass is 379 g/mol. The highest BCUT2D eigenvalue weighted by atomic mass is 19.4. The summed E-state index contributed by atoms with van der Waals surface area (Å²) in [6.45, 7) is 1.32. The maximum atomic E-state index is 13.4. The number of halogens is 3. The summed E-state index contributed by atoms with van der Waals surface area (Å²) in [7, 11) is 0. The number of H-pyrrole nitrogens is 1. The van der Waals surface area contributed by atoms with Crippen molar-refractivity contribution < 1.29 is 22.7 Å². The van der Waals surface area contributed by atoms with E-state index in [-0.39, 0.29) is 31.0 Å². The molecule has 0 radical (unpaired) electrons. The molecule has 27 heavy (non-hydrogen) atoms. The molecular weight excluding hydrogens is 363 g/mol. The van der Waals surface area contributed by atoms with Crippen molar-refractivity contribution in [3.63, 3.8) is 0 Å². The molecule has 0 saturated carbocycles. The number of ether oxygens (including phenoxy) is 1. The lowest BCUT2D eigenvalue weighted by Crippen LogP contribution is -2.39. The van der Waals surface area contributed by atoms with Crippen LogP contribution in [0.15, 0.2) is 35.1 Å². The first-order valence-electron chi connectivity index (χ1n) is 8.17. The first-order chi connectivity index (χ1) is 12.8. The second-order valence-corrected chi connectivity index (χ2v) is 5.88. The number of carbonyl (C=O) groups excluding carboxylic acids is 1. The Hall–Kier alpha value is -3.10. The number of alkyl halides is 3. The molecule has 1 aliphatic heterocycles. The van der Waals surface area contributed by atoms with Gasteiger partial charge in [-0.15, -0.1) is 0 Å². The van der Waals surface area contributed by atoms with Gasteiger partial charge in [-0.1, -0.05) is 30.3 Å². The van der Waals surface area contributed by atoms with Gasteiger partial charge in [0.15, 0.2) is 0 Å². The van der Waals surface area contributed by atoms with Crippen LogP contribution in [-0.4, -0.2) is 34.1 Å². The van der Waals surface area contributed by atoms with Crippen LogP contribution in [0.25, 0.3) is 11.6 Å². The van der Waals surface area contributed by atoms with E-state index in [1.807, 2.05) is 0 Å². The van der Waals surface area contributed by atoms with Gasteiger partial charge >= 0.3 is 18.0 Å². The summed E-state index contributed by atoms with van der Waals surface area (Å²) < 4.78 is 45.2. The van der Waals surface area contributed by atoms with E-state index in [1.54, 1.807) is 48.3 Å². The second-order valence-electron chi connectivity index (χ2n) is 5.88. The van der Waals surface area contributed by atoms with Crippen LogP contribution in [0.5, 0.6) is 0 Å². The molecular formula is C18H16F3N3O3. The largest absolute Gasteiger partial charge is 0.450 e. The van der Waals surface area contributed by atoms with Crippen molar-refractivity contribution in [2.75, 3.05) is 13.2 Å². The van der Waals surface area contributed by atoms with Crippen LogP contribution in [0.2, 0.25) is 0 Å². The predicted octanol–water partition coefficient (Wildman–Crippen LogP) is 3.30. The van der Waals surface area contributed by atoms with Crippen LogP contribution in [0.3, 0.4) is 0 Å². The molecule has 0 atom stereocenters. The SMILES string of the molecule is CCOC(=O)N1CC(=Cc2ccccc2)c2nc(=O)[nH]c(C(F)(F)F)c2C1. The summed E-state index contributed by atoms with van der Waals surface area (Å²) in [5, 5.41) is 0. The highest BCUT2D eigenvalue weighted by molar-refractivity contribution is 5.86. The summed E-state index contributed by atoms with van der Waals surface area (Å²) in [6, 6.07) is 8.85. The molecule has 0 saturated heterocycles. The molecule has 3 rings (SSSR count). The van der Waals surface area contributed by atoms with Gasteiger partial charge in [0.1, 0.15) is 5.69 Å². The minimum Gasteiger partial charge on any atom is -0.450 e. The Bertz CT molecular complexity index is 936. The molecule has 6 nitrogen and oxygen atoms in total. The van der Waals surface area contributed by atoms with E-state index in [0.717, 1.165) is 4.90 Å². The molecule has 1 N–H and O–H groups in total. The highest BCUT2D eigenvalue weighted by Gasteiger charge is 2.39. The number of nitrogens with zero attached hydrogens (tertiary/aromatic N) is 2. The van der Waals surface area contributed by atoms with Crippen molar-refractivity contribution in [2.24, 2.45) is 0 Å². The van der Waals surface area contributed by atoms with Gasteiger partial charge in [-0.3, -0.25) is 4.90 Å². The van der Waals surface area contributed by atoms with Gasteiger partial charge in [-0.05, 0) is 24.1 Å². The normalized spacial score (nSPS) is 15.6. The van der Waals surface area contributed by atoms with Crippen LogP contribution in [0, 0.1) is 0 Å². The third-order valence-corrected chi connectivity index (χ3v) is 4.00. The van der Waals surface area contributed by atoms with E-state index in [1.165, 1.54) is 0 Å². The van der Waals surface area contributed by atoms with E-state index in [9.17, 15) is 22.8 Å². The highest BCUT2D eigenvalue weighted by Crippen LogP contribution is 2.36. The molecule has 142 valence electrons. The van der Waals surface area contributed by atoms with Crippen LogP contribution in [0.4, 0.5) is 18.0 Å². The molecule has 1 aromatic carbocycles. The van der Waals surface area contributed by atoms with Crippen molar-refractivity contribution in [2.45, 2.75) is 19.6 Å². The lowest BCUT2D eigenvalue weighted by Gasteiger charge is -2.30. The number of fused-ring (bicyclic) bond motifs is 1. The van der Waals surface area contributed by atoms with Crippen molar-refractivity contribution in [1.82, 2.24) is 14.9 Å². The van der Waals surface area contributed by atoms with Crippen molar-refractivity contribution >= 4 is 17.7 Å². The molecule has 9 heteroatoms. The fourth-order valence-corrected chi connectivity index (χ4v) is 2.89. The molecule has 2 heterocycles. The first-order valence-corrected chi connectivity index (χ1v) is 8.17. The number of benzene rings is 1. The molecule has 1 aromatic heterocycles.